The lowest BCUT2D eigenvalue weighted by atomic mass is 9.86. The van der Waals surface area contributed by atoms with E-state index < -0.39 is 17.5 Å². The summed E-state index contributed by atoms with van der Waals surface area (Å²) >= 11 is 0. The van der Waals surface area contributed by atoms with Crippen molar-refractivity contribution in [1.29, 1.82) is 0 Å². The van der Waals surface area contributed by atoms with E-state index in [9.17, 15) is 5.11 Å². The molecule has 1 saturated heterocycles. The summed E-state index contributed by atoms with van der Waals surface area (Å²) in [5.74, 6) is -0.895. The molecule has 0 bridgehead atoms. The molecule has 1 unspecified atom stereocenters. The molecule has 5 aromatic rings. The van der Waals surface area contributed by atoms with E-state index in [4.69, 9.17) is 9.72 Å². The lowest BCUT2D eigenvalue weighted by Crippen LogP contribution is -2.28. The molecular weight excluding hydrogens is 500 g/mol. The zero-order valence-corrected chi connectivity index (χ0v) is 22.4. The highest BCUT2D eigenvalue weighted by atomic mass is 19.1. The predicted molar refractivity (Wildman–Crippen MR) is 145 cm³/mol. The van der Waals surface area contributed by atoms with Crippen LogP contribution in [-0.2, 0) is 17.4 Å². The summed E-state index contributed by atoms with van der Waals surface area (Å²) in [5, 5.41) is 19.7. The van der Waals surface area contributed by atoms with Crippen LogP contribution in [0, 0.1) is 24.5 Å². The molecule has 0 spiro atoms. The Morgan fingerprint density at radius 2 is 1.85 bits per heavy atom. The van der Waals surface area contributed by atoms with Crippen LogP contribution in [0.1, 0.15) is 49.6 Å². The van der Waals surface area contributed by atoms with Gasteiger partial charge in [-0.15, -0.1) is 5.10 Å². The summed E-state index contributed by atoms with van der Waals surface area (Å²) in [6, 6.07) is 11.5. The van der Waals surface area contributed by atoms with E-state index in [1.54, 1.807) is 49.0 Å². The third-order valence-corrected chi connectivity index (χ3v) is 7.88. The first-order valence-electron chi connectivity index (χ1n) is 13.2. The van der Waals surface area contributed by atoms with Crippen molar-refractivity contribution in [3.63, 3.8) is 0 Å². The Balaban J connectivity index is 1.75. The smallest absolute Gasteiger partial charge is 0.153 e. The second-order valence-corrected chi connectivity index (χ2v) is 10.9. The van der Waals surface area contributed by atoms with Crippen molar-refractivity contribution in [2.75, 3.05) is 13.2 Å². The molecule has 3 aromatic heterocycles. The molecule has 1 N–H and O–H groups in total. The number of hydrogen-bond acceptors (Lipinski definition) is 5. The number of hydrogen-bond donors (Lipinski definition) is 1. The summed E-state index contributed by atoms with van der Waals surface area (Å²) in [5.41, 5.74) is 3.14. The average Bonchev–Trinajstić information content (AvgIpc) is 3.42. The zero-order valence-electron chi connectivity index (χ0n) is 22.4. The van der Waals surface area contributed by atoms with Crippen LogP contribution in [0.2, 0.25) is 0 Å². The van der Waals surface area contributed by atoms with Gasteiger partial charge in [0.15, 0.2) is 5.82 Å². The molecule has 1 aliphatic heterocycles. The predicted octanol–water partition coefficient (Wildman–Crippen LogP) is 5.82. The van der Waals surface area contributed by atoms with Crippen molar-refractivity contribution >= 4 is 21.9 Å². The minimum atomic E-state index is -1.41. The molecule has 6 rings (SSSR count). The van der Waals surface area contributed by atoms with Gasteiger partial charge in [0.2, 0.25) is 0 Å². The molecule has 2 aromatic carbocycles. The number of rotatable bonds is 5. The quantitative estimate of drug-likeness (QED) is 0.310. The van der Waals surface area contributed by atoms with Crippen molar-refractivity contribution in [2.45, 2.75) is 45.3 Å². The molecule has 0 saturated carbocycles. The van der Waals surface area contributed by atoms with Gasteiger partial charge in [0.25, 0.3) is 0 Å². The second-order valence-electron chi connectivity index (χ2n) is 10.9. The fourth-order valence-corrected chi connectivity index (χ4v) is 6.05. The summed E-state index contributed by atoms with van der Waals surface area (Å²) in [4.78, 5) is 4.81. The first kappa shape index (κ1) is 25.6. The van der Waals surface area contributed by atoms with E-state index in [0.717, 1.165) is 17.0 Å². The van der Waals surface area contributed by atoms with Crippen molar-refractivity contribution in [3.8, 4) is 11.3 Å². The van der Waals surface area contributed by atoms with Crippen molar-refractivity contribution < 1.29 is 18.6 Å². The maximum atomic E-state index is 16.6. The molecule has 39 heavy (non-hydrogen) atoms. The van der Waals surface area contributed by atoms with Gasteiger partial charge in [0, 0.05) is 48.5 Å². The van der Waals surface area contributed by atoms with E-state index in [-0.39, 0.29) is 17.3 Å². The summed E-state index contributed by atoms with van der Waals surface area (Å²) < 4.78 is 41.3. The molecule has 0 radical (unpaired) electrons. The Kier molecular flexibility index (Phi) is 6.23. The fraction of sp³-hybridized carbons (Fsp3) is 0.367. The van der Waals surface area contributed by atoms with Gasteiger partial charge in [0.05, 0.1) is 39.6 Å². The van der Waals surface area contributed by atoms with Gasteiger partial charge in [-0.3, -0.25) is 4.98 Å². The molecule has 1 aliphatic rings. The Hall–Kier alpha value is -3.69. The van der Waals surface area contributed by atoms with Gasteiger partial charge < -0.3 is 14.4 Å². The van der Waals surface area contributed by atoms with E-state index in [0.29, 0.717) is 53.6 Å². The van der Waals surface area contributed by atoms with Crippen LogP contribution in [0.4, 0.5) is 8.78 Å². The Morgan fingerprint density at radius 3 is 2.51 bits per heavy atom. The third kappa shape index (κ3) is 4.20. The van der Waals surface area contributed by atoms with E-state index in [1.165, 1.54) is 6.07 Å². The topological polar surface area (TPSA) is 78.0 Å². The Morgan fingerprint density at radius 1 is 1.10 bits per heavy atom. The third-order valence-electron chi connectivity index (χ3n) is 7.88. The molecule has 1 fully saturated rings. The molecule has 1 atom stereocenters. The van der Waals surface area contributed by atoms with Crippen molar-refractivity contribution in [1.82, 2.24) is 24.5 Å². The molecule has 9 heteroatoms. The van der Waals surface area contributed by atoms with Gasteiger partial charge in [-0.1, -0.05) is 35.5 Å². The number of ether oxygens (including phenoxy) is 1. The largest absolute Gasteiger partial charge is 0.386 e. The van der Waals surface area contributed by atoms with Crippen molar-refractivity contribution in [2.24, 2.45) is 13.0 Å². The molecular formula is C30H31F2N5O2. The summed E-state index contributed by atoms with van der Waals surface area (Å²) in [6.07, 6.45) is 3.14. The summed E-state index contributed by atoms with van der Waals surface area (Å²) in [7, 11) is 1.81. The highest BCUT2D eigenvalue weighted by Gasteiger charge is 2.34. The van der Waals surface area contributed by atoms with E-state index in [2.05, 4.69) is 10.3 Å². The number of benzene rings is 2. The summed E-state index contributed by atoms with van der Waals surface area (Å²) in [6.45, 7) is 6.10. The maximum absolute atomic E-state index is 16.6. The van der Waals surface area contributed by atoms with Crippen LogP contribution < -0.4 is 0 Å². The standard InChI is InChI=1S/C30H31F2N5O2/c1-17-27(36(4)35-34-17)19-15-24-26(33-16-19)21-9-10-22(30(2,3)38)25(32)29(21)37(24)28(18-11-13-39-14-12-18)20-7-5-6-8-23(20)31/h5-10,15-16,18,28,38H,11-14H2,1-4H3. The first-order valence-corrected chi connectivity index (χ1v) is 13.2. The Labute approximate surface area is 225 Å². The van der Waals surface area contributed by atoms with E-state index in [1.807, 2.05) is 30.7 Å². The maximum Gasteiger partial charge on any atom is 0.153 e. The van der Waals surface area contributed by atoms with E-state index >= 15 is 8.78 Å². The fourth-order valence-electron chi connectivity index (χ4n) is 6.05. The SMILES string of the molecule is Cc1nnn(C)c1-c1cnc2c3ccc(C(C)(C)O)c(F)c3n(C(c3ccccc3F)C3CCOCC3)c2c1. The molecule has 202 valence electrons. The van der Waals surface area contributed by atoms with Crippen molar-refractivity contribution in [3.05, 3.63) is 77.1 Å². The molecule has 0 amide bonds. The number of aryl methyl sites for hydroxylation is 2. The van der Waals surface area contributed by atoms with Crippen LogP contribution >= 0.6 is 0 Å². The minimum absolute atomic E-state index is 0.0107. The molecule has 7 nitrogen and oxygen atoms in total. The lowest BCUT2D eigenvalue weighted by Gasteiger charge is -2.33. The highest BCUT2D eigenvalue weighted by Crippen LogP contribution is 2.43. The number of fused-ring (bicyclic) bond motifs is 3. The normalized spacial score (nSPS) is 15.9. The van der Waals surface area contributed by atoms with Crippen LogP contribution in [0.15, 0.2) is 48.7 Å². The van der Waals surface area contributed by atoms with Gasteiger partial charge in [-0.05, 0) is 51.7 Å². The van der Waals surface area contributed by atoms with Gasteiger partial charge in [-0.25, -0.2) is 13.5 Å². The van der Waals surface area contributed by atoms with Crippen LogP contribution in [0.25, 0.3) is 33.2 Å². The van der Waals surface area contributed by atoms with Crippen LogP contribution in [0.3, 0.4) is 0 Å². The van der Waals surface area contributed by atoms with Crippen LogP contribution in [-0.4, -0.2) is 42.9 Å². The molecule has 0 aliphatic carbocycles. The van der Waals surface area contributed by atoms with Gasteiger partial charge in [-0.2, -0.15) is 0 Å². The number of aliphatic hydroxyl groups is 1. The molecule has 4 heterocycles. The minimum Gasteiger partial charge on any atom is -0.386 e. The van der Waals surface area contributed by atoms with Gasteiger partial charge >= 0.3 is 0 Å². The Bertz CT molecular complexity index is 1680. The number of nitrogens with zero attached hydrogens (tertiary/aromatic N) is 5. The first-order chi connectivity index (χ1) is 18.7. The van der Waals surface area contributed by atoms with Crippen LogP contribution in [0.5, 0.6) is 0 Å². The highest BCUT2D eigenvalue weighted by molar-refractivity contribution is 6.07. The lowest BCUT2D eigenvalue weighted by molar-refractivity contribution is 0.0547. The second kappa shape index (κ2) is 9.50. The average molecular weight is 532 g/mol. The number of pyridine rings is 1. The number of aromatic nitrogens is 5. The number of halogens is 2. The monoisotopic (exact) mass is 531 g/mol. The van der Waals surface area contributed by atoms with Gasteiger partial charge in [0.1, 0.15) is 5.82 Å². The zero-order chi connectivity index (χ0) is 27.5.